The van der Waals surface area contributed by atoms with E-state index in [9.17, 15) is 14.0 Å². The van der Waals surface area contributed by atoms with Crippen LogP contribution >= 0.6 is 0 Å². The van der Waals surface area contributed by atoms with E-state index >= 15 is 0 Å². The second kappa shape index (κ2) is 5.65. The zero-order chi connectivity index (χ0) is 17.8. The largest absolute Gasteiger partial charge is 0.454 e. The average Bonchev–Trinajstić information content (AvgIpc) is 2.86. The first-order chi connectivity index (χ1) is 11.9. The van der Waals surface area contributed by atoms with Crippen LogP contribution in [-0.2, 0) is 14.3 Å². The zero-order valence-corrected chi connectivity index (χ0v) is 14.5. The summed E-state index contributed by atoms with van der Waals surface area (Å²) < 4.78 is 18.8. The molecule has 0 unspecified atom stereocenters. The Labute approximate surface area is 146 Å². The predicted octanol–water partition coefficient (Wildman–Crippen LogP) is 4.23. The van der Waals surface area contributed by atoms with Crippen LogP contribution in [0.4, 0.5) is 4.39 Å². The monoisotopic (exact) mass is 340 g/mol. The van der Waals surface area contributed by atoms with Crippen molar-refractivity contribution in [3.8, 4) is 0 Å². The lowest BCUT2D eigenvalue weighted by molar-refractivity contribution is -0.141. The summed E-state index contributed by atoms with van der Waals surface area (Å²) in [5, 5.41) is 0. The van der Waals surface area contributed by atoms with Crippen LogP contribution in [-0.4, -0.2) is 17.9 Å². The maximum Gasteiger partial charge on any atom is 0.335 e. The number of carbonyl (C=O) groups excluding carboxylic acids is 2. The number of carbonyl (C=O) groups is 2. The Morgan fingerprint density at radius 2 is 1.96 bits per heavy atom. The van der Waals surface area contributed by atoms with Gasteiger partial charge in [-0.3, -0.25) is 4.79 Å². The van der Waals surface area contributed by atoms with Crippen LogP contribution in [0.5, 0.6) is 0 Å². The molecule has 0 spiro atoms. The standard InChI is InChI=1S/C21H21FO3/c1-12-4-3-9-21(2)17(23)11-15-16(20(24)25-19(15)18(12)21)10-13-5-7-14(22)8-6-13/h5-8,10,15,19H,3-4,9,11H2,1-2H3/b16-10+/t15-,19+,21+/m0/s1. The highest BCUT2D eigenvalue weighted by Crippen LogP contribution is 2.53. The van der Waals surface area contributed by atoms with Crippen molar-refractivity contribution in [2.45, 2.75) is 45.6 Å². The minimum atomic E-state index is -0.491. The van der Waals surface area contributed by atoms with Gasteiger partial charge in [-0.25, -0.2) is 9.18 Å². The first kappa shape index (κ1) is 16.2. The molecule has 3 atom stereocenters. The molecule has 2 aliphatic carbocycles. The van der Waals surface area contributed by atoms with E-state index in [4.69, 9.17) is 4.74 Å². The molecule has 1 aliphatic heterocycles. The van der Waals surface area contributed by atoms with E-state index in [0.717, 1.165) is 30.4 Å². The lowest BCUT2D eigenvalue weighted by Crippen LogP contribution is -2.46. The molecule has 1 heterocycles. The van der Waals surface area contributed by atoms with Gasteiger partial charge in [-0.15, -0.1) is 0 Å². The fraction of sp³-hybridized carbons (Fsp3) is 0.429. The highest BCUT2D eigenvalue weighted by atomic mass is 19.1. The number of benzene rings is 1. The molecule has 25 heavy (non-hydrogen) atoms. The highest BCUT2D eigenvalue weighted by molar-refractivity contribution is 6.00. The van der Waals surface area contributed by atoms with E-state index in [0.29, 0.717) is 12.0 Å². The Hall–Kier alpha value is -2.23. The Balaban J connectivity index is 1.77. The predicted molar refractivity (Wildman–Crippen MR) is 92.0 cm³/mol. The molecule has 2 fully saturated rings. The van der Waals surface area contributed by atoms with Gasteiger partial charge in [-0.2, -0.15) is 0 Å². The molecule has 0 radical (unpaired) electrons. The Morgan fingerprint density at radius 3 is 2.68 bits per heavy atom. The Bertz CT molecular complexity index is 818. The van der Waals surface area contributed by atoms with Crippen LogP contribution in [0.15, 0.2) is 41.0 Å². The molecule has 1 saturated carbocycles. The average molecular weight is 340 g/mol. The van der Waals surface area contributed by atoms with Gasteiger partial charge in [-0.1, -0.05) is 17.7 Å². The van der Waals surface area contributed by atoms with E-state index in [-0.39, 0.29) is 29.6 Å². The first-order valence-electron chi connectivity index (χ1n) is 8.82. The van der Waals surface area contributed by atoms with Gasteiger partial charge in [0.05, 0.1) is 5.41 Å². The molecule has 0 bridgehead atoms. The topological polar surface area (TPSA) is 43.4 Å². The fourth-order valence-corrected chi connectivity index (χ4v) is 4.68. The highest BCUT2D eigenvalue weighted by Gasteiger charge is 2.55. The van der Waals surface area contributed by atoms with E-state index in [1.807, 2.05) is 6.92 Å². The van der Waals surface area contributed by atoms with Gasteiger partial charge in [0.2, 0.25) is 0 Å². The summed E-state index contributed by atoms with van der Waals surface area (Å²) in [6.07, 6.45) is 4.52. The quantitative estimate of drug-likeness (QED) is 0.436. The summed E-state index contributed by atoms with van der Waals surface area (Å²) in [5.74, 6) is -0.713. The molecule has 0 amide bonds. The van der Waals surface area contributed by atoms with Crippen LogP contribution in [0.3, 0.4) is 0 Å². The molecule has 4 rings (SSSR count). The van der Waals surface area contributed by atoms with Crippen molar-refractivity contribution in [1.82, 2.24) is 0 Å². The summed E-state index contributed by atoms with van der Waals surface area (Å²) in [6, 6.07) is 5.98. The number of ether oxygens (including phenoxy) is 1. The summed E-state index contributed by atoms with van der Waals surface area (Å²) in [5.41, 5.74) is 2.99. The molecule has 3 aliphatic rings. The molecule has 4 heteroatoms. The lowest BCUT2D eigenvalue weighted by atomic mass is 9.59. The Morgan fingerprint density at radius 1 is 1.24 bits per heavy atom. The van der Waals surface area contributed by atoms with Gasteiger partial charge >= 0.3 is 5.97 Å². The summed E-state index contributed by atoms with van der Waals surface area (Å²) in [6.45, 7) is 4.05. The molecule has 1 saturated heterocycles. The molecule has 130 valence electrons. The van der Waals surface area contributed by atoms with Crippen LogP contribution in [0.2, 0.25) is 0 Å². The zero-order valence-electron chi connectivity index (χ0n) is 14.5. The molecule has 1 aromatic carbocycles. The number of esters is 1. The van der Waals surface area contributed by atoms with Gasteiger partial charge in [0.15, 0.2) is 0 Å². The van der Waals surface area contributed by atoms with Gasteiger partial charge in [-0.05, 0) is 62.5 Å². The van der Waals surface area contributed by atoms with Crippen LogP contribution < -0.4 is 0 Å². The molecular formula is C21H21FO3. The van der Waals surface area contributed by atoms with Crippen molar-refractivity contribution in [2.24, 2.45) is 11.3 Å². The molecule has 0 N–H and O–H groups in total. The smallest absolute Gasteiger partial charge is 0.335 e. The van der Waals surface area contributed by atoms with E-state index < -0.39 is 5.41 Å². The minimum Gasteiger partial charge on any atom is -0.454 e. The summed E-state index contributed by atoms with van der Waals surface area (Å²) >= 11 is 0. The number of Topliss-reactive ketones (excluding diaryl/α,β-unsaturated/α-hetero) is 1. The maximum absolute atomic E-state index is 13.1. The van der Waals surface area contributed by atoms with Crippen molar-refractivity contribution in [2.75, 3.05) is 0 Å². The lowest BCUT2D eigenvalue weighted by Gasteiger charge is -2.44. The van der Waals surface area contributed by atoms with Crippen LogP contribution in [0, 0.1) is 17.2 Å². The van der Waals surface area contributed by atoms with Crippen LogP contribution in [0.1, 0.15) is 45.1 Å². The number of ketones is 1. The van der Waals surface area contributed by atoms with Crippen molar-refractivity contribution < 1.29 is 18.7 Å². The second-order valence-electron chi connectivity index (χ2n) is 7.59. The normalized spacial score (nSPS) is 33.3. The number of rotatable bonds is 1. The third-order valence-electron chi connectivity index (χ3n) is 6.01. The Kier molecular flexibility index (Phi) is 3.67. The number of hydrogen-bond donors (Lipinski definition) is 0. The number of halogens is 1. The molecule has 1 aromatic rings. The van der Waals surface area contributed by atoms with Gasteiger partial charge in [0.25, 0.3) is 0 Å². The van der Waals surface area contributed by atoms with E-state index in [1.165, 1.54) is 17.7 Å². The summed E-state index contributed by atoms with van der Waals surface area (Å²) in [7, 11) is 0. The first-order valence-corrected chi connectivity index (χ1v) is 8.82. The van der Waals surface area contributed by atoms with E-state index in [1.54, 1.807) is 18.2 Å². The van der Waals surface area contributed by atoms with Crippen molar-refractivity contribution in [1.29, 1.82) is 0 Å². The van der Waals surface area contributed by atoms with Crippen molar-refractivity contribution in [3.05, 3.63) is 52.4 Å². The maximum atomic E-state index is 13.1. The van der Waals surface area contributed by atoms with Gasteiger partial charge in [0, 0.05) is 17.9 Å². The number of hydrogen-bond acceptors (Lipinski definition) is 3. The molecule has 0 aromatic heterocycles. The fourth-order valence-electron chi connectivity index (χ4n) is 4.68. The number of allylic oxidation sites excluding steroid dienone is 1. The van der Waals surface area contributed by atoms with Crippen molar-refractivity contribution in [3.63, 3.8) is 0 Å². The second-order valence-corrected chi connectivity index (χ2v) is 7.59. The van der Waals surface area contributed by atoms with Crippen LogP contribution in [0.25, 0.3) is 6.08 Å². The van der Waals surface area contributed by atoms with Crippen molar-refractivity contribution >= 4 is 17.8 Å². The van der Waals surface area contributed by atoms with Gasteiger partial charge in [0.1, 0.15) is 17.7 Å². The SMILES string of the molecule is CC1=C2[C@@H]3OC(=O)/C(=C/c4ccc(F)cc4)[C@@H]3CC(=O)[C@@]2(C)CCC1. The van der Waals surface area contributed by atoms with Gasteiger partial charge < -0.3 is 4.74 Å². The minimum absolute atomic E-state index is 0.200. The molecule has 3 nitrogen and oxygen atoms in total. The third-order valence-corrected chi connectivity index (χ3v) is 6.01. The number of fused-ring (bicyclic) bond motifs is 3. The van der Waals surface area contributed by atoms with E-state index in [2.05, 4.69) is 6.92 Å². The molecular weight excluding hydrogens is 319 g/mol. The summed E-state index contributed by atoms with van der Waals surface area (Å²) in [4.78, 5) is 25.4. The third kappa shape index (κ3) is 2.46.